The summed E-state index contributed by atoms with van der Waals surface area (Å²) < 4.78 is 0. The fourth-order valence-corrected chi connectivity index (χ4v) is 5.79. The van der Waals surface area contributed by atoms with Gasteiger partial charge in [0.1, 0.15) is 0 Å². The highest BCUT2D eigenvalue weighted by Crippen LogP contribution is 2.33. The standard InChI is InChI=1S/C14H16.C11H13NS.C11H13N.CH4/c1-10(2)14-9-13-7-5-4-6-12(13)8-11(14)3;1-8(2)12-6-4-10-5-7-13-11(10)9(12)3;1-8(2)11-5-4-10(7-12)6-9(11)3;/h4-10H,1-3H3;4-8H,3H2,1-2H3;4-6,8H,1-3H3;1H4. The number of benzene rings is 3. The third kappa shape index (κ3) is 7.96. The summed E-state index contributed by atoms with van der Waals surface area (Å²) in [6.07, 6.45) is 4.27. The second kappa shape index (κ2) is 14.7. The van der Waals surface area contributed by atoms with E-state index >= 15 is 0 Å². The van der Waals surface area contributed by atoms with Crippen molar-refractivity contribution < 1.29 is 0 Å². The van der Waals surface area contributed by atoms with Gasteiger partial charge in [-0.15, -0.1) is 11.3 Å². The number of fused-ring (bicyclic) bond motifs is 2. The molecule has 3 heteroatoms. The van der Waals surface area contributed by atoms with Crippen LogP contribution >= 0.6 is 11.3 Å². The van der Waals surface area contributed by atoms with Crippen LogP contribution in [0, 0.1) is 25.2 Å². The summed E-state index contributed by atoms with van der Waals surface area (Å²) in [7, 11) is 0. The number of rotatable bonds is 3. The van der Waals surface area contributed by atoms with E-state index in [9.17, 15) is 0 Å². The van der Waals surface area contributed by atoms with E-state index in [1.54, 1.807) is 11.3 Å². The smallest absolute Gasteiger partial charge is 0.0991 e. The second-order valence-electron chi connectivity index (χ2n) is 11.0. The molecule has 2 heterocycles. The van der Waals surface area contributed by atoms with Crippen molar-refractivity contribution in [3.05, 3.63) is 117 Å². The Labute approximate surface area is 247 Å². The van der Waals surface area contributed by atoms with Crippen LogP contribution in [0.1, 0.15) is 99.1 Å². The van der Waals surface area contributed by atoms with Gasteiger partial charge in [0.15, 0.2) is 0 Å². The third-order valence-corrected chi connectivity index (χ3v) is 8.00. The maximum Gasteiger partial charge on any atom is 0.0991 e. The zero-order valence-electron chi connectivity index (χ0n) is 24.7. The van der Waals surface area contributed by atoms with Gasteiger partial charge in [-0.3, -0.25) is 0 Å². The predicted molar refractivity (Wildman–Crippen MR) is 179 cm³/mol. The quantitative estimate of drug-likeness (QED) is 0.254. The molecule has 5 rings (SSSR count). The van der Waals surface area contributed by atoms with Gasteiger partial charge in [-0.05, 0) is 108 Å². The molecule has 0 bridgehead atoms. The lowest BCUT2D eigenvalue weighted by Crippen LogP contribution is -2.24. The topological polar surface area (TPSA) is 27.0 Å². The van der Waals surface area contributed by atoms with E-state index in [4.69, 9.17) is 5.26 Å². The van der Waals surface area contributed by atoms with Gasteiger partial charge in [-0.2, -0.15) is 5.26 Å². The molecule has 0 saturated heterocycles. The minimum atomic E-state index is 0. The second-order valence-corrected chi connectivity index (χ2v) is 11.9. The number of thiophene rings is 1. The monoisotopic (exact) mass is 550 g/mol. The molecule has 1 aliphatic heterocycles. The Morgan fingerprint density at radius 3 is 1.95 bits per heavy atom. The molecule has 0 spiro atoms. The maximum absolute atomic E-state index is 8.64. The molecule has 0 amide bonds. The molecule has 40 heavy (non-hydrogen) atoms. The summed E-state index contributed by atoms with van der Waals surface area (Å²) in [5.41, 5.74) is 8.58. The van der Waals surface area contributed by atoms with Crippen molar-refractivity contribution in [1.82, 2.24) is 4.90 Å². The van der Waals surface area contributed by atoms with E-state index < -0.39 is 0 Å². The van der Waals surface area contributed by atoms with Crippen molar-refractivity contribution in [2.45, 2.75) is 80.7 Å². The summed E-state index contributed by atoms with van der Waals surface area (Å²) in [4.78, 5) is 3.51. The van der Waals surface area contributed by atoms with Crippen LogP contribution < -0.4 is 0 Å². The van der Waals surface area contributed by atoms with Gasteiger partial charge in [0.2, 0.25) is 0 Å². The third-order valence-electron chi connectivity index (χ3n) is 7.02. The van der Waals surface area contributed by atoms with Crippen LogP contribution in [0.15, 0.2) is 78.8 Å². The van der Waals surface area contributed by atoms with Gasteiger partial charge < -0.3 is 4.90 Å². The molecule has 4 aromatic rings. The Bertz CT molecular complexity index is 1490. The Morgan fingerprint density at radius 2 is 1.40 bits per heavy atom. The molecular weight excluding hydrogens is 504 g/mol. The summed E-state index contributed by atoms with van der Waals surface area (Å²) in [6.45, 7) is 21.5. The fraction of sp³-hybridized carbons (Fsp3) is 0.324. The minimum Gasteiger partial charge on any atom is -0.345 e. The maximum atomic E-state index is 8.64. The van der Waals surface area contributed by atoms with Crippen molar-refractivity contribution in [1.29, 1.82) is 5.26 Å². The Kier molecular flexibility index (Phi) is 12.0. The molecule has 0 aliphatic carbocycles. The van der Waals surface area contributed by atoms with Crippen LogP contribution in [0.3, 0.4) is 0 Å². The van der Waals surface area contributed by atoms with Crippen molar-refractivity contribution in [2.75, 3.05) is 0 Å². The van der Waals surface area contributed by atoms with Crippen LogP contribution in [0.25, 0.3) is 22.5 Å². The highest BCUT2D eigenvalue weighted by Gasteiger charge is 2.17. The highest BCUT2D eigenvalue weighted by atomic mass is 32.1. The first-order chi connectivity index (χ1) is 18.5. The van der Waals surface area contributed by atoms with Gasteiger partial charge in [-0.25, -0.2) is 0 Å². The van der Waals surface area contributed by atoms with Gasteiger partial charge in [0, 0.05) is 12.2 Å². The van der Waals surface area contributed by atoms with E-state index in [1.165, 1.54) is 43.5 Å². The number of hydrogen-bond acceptors (Lipinski definition) is 3. The lowest BCUT2D eigenvalue weighted by Gasteiger charge is -2.29. The zero-order chi connectivity index (χ0) is 28.7. The minimum absolute atomic E-state index is 0. The van der Waals surface area contributed by atoms with E-state index in [0.717, 1.165) is 11.3 Å². The van der Waals surface area contributed by atoms with E-state index in [0.29, 0.717) is 17.9 Å². The molecule has 0 unspecified atom stereocenters. The lowest BCUT2D eigenvalue weighted by atomic mass is 9.94. The van der Waals surface area contributed by atoms with Gasteiger partial charge in [0.25, 0.3) is 0 Å². The molecular formula is C37H46N2S. The van der Waals surface area contributed by atoms with Crippen LogP contribution in [0.2, 0.25) is 0 Å². The Hall–Kier alpha value is -3.61. The molecule has 3 aromatic carbocycles. The molecule has 0 N–H and O–H groups in total. The van der Waals surface area contributed by atoms with Crippen molar-refractivity contribution >= 4 is 33.9 Å². The fourth-order valence-electron chi connectivity index (χ4n) is 4.92. The normalized spacial score (nSPS) is 11.8. The summed E-state index contributed by atoms with van der Waals surface area (Å²) in [5, 5.41) is 13.4. The highest BCUT2D eigenvalue weighted by molar-refractivity contribution is 7.11. The van der Waals surface area contributed by atoms with E-state index in [2.05, 4.69) is 133 Å². The van der Waals surface area contributed by atoms with Gasteiger partial charge in [-0.1, -0.05) is 84.2 Å². The molecule has 2 nitrogen and oxygen atoms in total. The number of nitrogens with zero attached hydrogens (tertiary/aromatic N) is 2. The molecule has 1 aromatic heterocycles. The SMILES string of the molecule is C.C=C1c2sccc2C=CN1C(C)C.Cc1cc(C#N)ccc1C(C)C.Cc1cc2ccccc2cc1C(C)C. The van der Waals surface area contributed by atoms with E-state index in [1.807, 2.05) is 18.2 Å². The Morgan fingerprint density at radius 1 is 0.800 bits per heavy atom. The first-order valence-electron chi connectivity index (χ1n) is 13.8. The largest absolute Gasteiger partial charge is 0.345 e. The van der Waals surface area contributed by atoms with Gasteiger partial charge in [0.05, 0.1) is 22.2 Å². The van der Waals surface area contributed by atoms with E-state index in [-0.39, 0.29) is 7.43 Å². The molecule has 1 aliphatic rings. The van der Waals surface area contributed by atoms with Crippen molar-refractivity contribution in [3.8, 4) is 6.07 Å². The number of hydrogen-bond donors (Lipinski definition) is 0. The van der Waals surface area contributed by atoms with Crippen LogP contribution in [0.4, 0.5) is 0 Å². The van der Waals surface area contributed by atoms with Crippen molar-refractivity contribution in [3.63, 3.8) is 0 Å². The summed E-state index contributed by atoms with van der Waals surface area (Å²) in [6, 6.07) is 23.8. The lowest BCUT2D eigenvalue weighted by molar-refractivity contribution is 0.439. The summed E-state index contributed by atoms with van der Waals surface area (Å²) >= 11 is 1.76. The number of nitriles is 1. The van der Waals surface area contributed by atoms with Gasteiger partial charge >= 0.3 is 0 Å². The molecule has 0 radical (unpaired) electrons. The first kappa shape index (κ1) is 32.6. The zero-order valence-corrected chi connectivity index (χ0v) is 25.6. The van der Waals surface area contributed by atoms with Crippen LogP contribution in [0.5, 0.6) is 0 Å². The average molecular weight is 551 g/mol. The number of aryl methyl sites for hydroxylation is 2. The first-order valence-corrected chi connectivity index (χ1v) is 14.6. The molecule has 210 valence electrons. The molecule has 0 fully saturated rings. The summed E-state index contributed by atoms with van der Waals surface area (Å²) in [5.74, 6) is 1.15. The Balaban J connectivity index is 0.000000208. The van der Waals surface area contributed by atoms with Crippen LogP contribution in [-0.2, 0) is 0 Å². The molecule has 0 saturated carbocycles. The average Bonchev–Trinajstić information content (AvgIpc) is 3.38. The van der Waals surface area contributed by atoms with Crippen LogP contribution in [-0.4, -0.2) is 10.9 Å². The van der Waals surface area contributed by atoms with Crippen molar-refractivity contribution in [2.24, 2.45) is 0 Å². The predicted octanol–water partition coefficient (Wildman–Crippen LogP) is 11.3. The molecule has 0 atom stereocenters.